The SMILES string of the molecule is O=C(O)c1ccc(=O)n(Cc2cccs2)n1. The fourth-order valence-corrected chi connectivity index (χ4v) is 1.91. The Balaban J connectivity index is 2.36. The van der Waals surface area contributed by atoms with Crippen LogP contribution in [-0.4, -0.2) is 20.9 Å². The fraction of sp³-hybridized carbons (Fsp3) is 0.100. The summed E-state index contributed by atoms with van der Waals surface area (Å²) in [7, 11) is 0. The van der Waals surface area contributed by atoms with E-state index in [0.29, 0.717) is 6.54 Å². The van der Waals surface area contributed by atoms with Crippen molar-refractivity contribution in [2.24, 2.45) is 0 Å². The molecule has 0 amide bonds. The van der Waals surface area contributed by atoms with Crippen molar-refractivity contribution in [1.82, 2.24) is 9.78 Å². The summed E-state index contributed by atoms with van der Waals surface area (Å²) in [6.45, 7) is 0.303. The molecule has 6 heteroatoms. The van der Waals surface area contributed by atoms with Crippen LogP contribution in [0.4, 0.5) is 0 Å². The van der Waals surface area contributed by atoms with Gasteiger partial charge in [0.25, 0.3) is 5.56 Å². The van der Waals surface area contributed by atoms with Gasteiger partial charge in [-0.05, 0) is 17.5 Å². The lowest BCUT2D eigenvalue weighted by Gasteiger charge is -2.02. The lowest BCUT2D eigenvalue weighted by molar-refractivity contribution is 0.0687. The Kier molecular flexibility index (Phi) is 2.82. The number of aromatic nitrogens is 2. The molecule has 0 atom stereocenters. The van der Waals surface area contributed by atoms with Crippen LogP contribution in [-0.2, 0) is 6.54 Å². The van der Waals surface area contributed by atoms with Crippen LogP contribution in [0, 0.1) is 0 Å². The molecule has 0 bridgehead atoms. The summed E-state index contributed by atoms with van der Waals surface area (Å²) in [5, 5.41) is 14.4. The smallest absolute Gasteiger partial charge is 0.356 e. The van der Waals surface area contributed by atoms with Gasteiger partial charge >= 0.3 is 5.97 Å². The first-order chi connectivity index (χ1) is 7.66. The van der Waals surface area contributed by atoms with E-state index >= 15 is 0 Å². The number of aromatic carboxylic acids is 1. The minimum absolute atomic E-state index is 0.129. The first kappa shape index (κ1) is 10.6. The quantitative estimate of drug-likeness (QED) is 0.864. The molecule has 2 rings (SSSR count). The van der Waals surface area contributed by atoms with Gasteiger partial charge in [-0.15, -0.1) is 11.3 Å². The Morgan fingerprint density at radius 2 is 2.25 bits per heavy atom. The van der Waals surface area contributed by atoms with E-state index in [1.165, 1.54) is 23.5 Å². The van der Waals surface area contributed by atoms with Gasteiger partial charge in [0.2, 0.25) is 0 Å². The predicted octanol–water partition coefficient (Wildman–Crippen LogP) is 1.05. The van der Waals surface area contributed by atoms with E-state index in [0.717, 1.165) is 9.56 Å². The van der Waals surface area contributed by atoms with Crippen molar-refractivity contribution < 1.29 is 9.90 Å². The van der Waals surface area contributed by atoms with Crippen molar-refractivity contribution in [1.29, 1.82) is 0 Å². The Morgan fingerprint density at radius 1 is 1.44 bits per heavy atom. The molecular formula is C10H8N2O3S. The summed E-state index contributed by atoms with van der Waals surface area (Å²) in [4.78, 5) is 23.1. The number of hydrogen-bond donors (Lipinski definition) is 1. The van der Waals surface area contributed by atoms with Gasteiger partial charge < -0.3 is 5.11 Å². The molecule has 0 spiro atoms. The average molecular weight is 236 g/mol. The lowest BCUT2D eigenvalue weighted by Crippen LogP contribution is -2.24. The fourth-order valence-electron chi connectivity index (χ4n) is 1.23. The van der Waals surface area contributed by atoms with Crippen molar-refractivity contribution >= 4 is 17.3 Å². The number of carboxylic acid groups (broad SMARTS) is 1. The third-order valence-corrected chi connectivity index (χ3v) is 2.83. The number of carboxylic acids is 1. The molecule has 2 heterocycles. The molecule has 0 aromatic carbocycles. The maximum atomic E-state index is 11.4. The van der Waals surface area contributed by atoms with E-state index in [-0.39, 0.29) is 11.3 Å². The molecule has 16 heavy (non-hydrogen) atoms. The number of rotatable bonds is 3. The van der Waals surface area contributed by atoms with Crippen LogP contribution in [0.5, 0.6) is 0 Å². The third kappa shape index (κ3) is 2.17. The van der Waals surface area contributed by atoms with Gasteiger partial charge in [-0.25, -0.2) is 9.48 Å². The van der Waals surface area contributed by atoms with Gasteiger partial charge in [-0.1, -0.05) is 6.07 Å². The van der Waals surface area contributed by atoms with Gasteiger partial charge in [-0.2, -0.15) is 5.10 Å². The molecule has 82 valence electrons. The Bertz CT molecular complexity index is 560. The Hall–Kier alpha value is -1.95. The molecule has 0 saturated heterocycles. The highest BCUT2D eigenvalue weighted by molar-refractivity contribution is 7.09. The van der Waals surface area contributed by atoms with E-state index in [2.05, 4.69) is 5.10 Å². The van der Waals surface area contributed by atoms with E-state index < -0.39 is 5.97 Å². The van der Waals surface area contributed by atoms with Crippen molar-refractivity contribution in [2.75, 3.05) is 0 Å². The van der Waals surface area contributed by atoms with E-state index in [4.69, 9.17) is 5.11 Å². The van der Waals surface area contributed by atoms with Gasteiger partial charge in [0, 0.05) is 10.9 Å². The molecule has 0 aliphatic carbocycles. The predicted molar refractivity (Wildman–Crippen MR) is 58.9 cm³/mol. The largest absolute Gasteiger partial charge is 0.476 e. The van der Waals surface area contributed by atoms with Crippen LogP contribution >= 0.6 is 11.3 Å². The molecule has 2 aromatic rings. The second-order valence-corrected chi connectivity index (χ2v) is 4.13. The molecule has 1 N–H and O–H groups in total. The minimum atomic E-state index is -1.14. The van der Waals surface area contributed by atoms with Crippen molar-refractivity contribution in [2.45, 2.75) is 6.54 Å². The van der Waals surface area contributed by atoms with E-state index in [1.54, 1.807) is 0 Å². The Labute approximate surface area is 94.6 Å². The topological polar surface area (TPSA) is 72.2 Å². The standard InChI is InChI=1S/C10H8N2O3S/c13-9-4-3-8(10(14)15)11-12(9)6-7-2-1-5-16-7/h1-5H,6H2,(H,14,15). The van der Waals surface area contributed by atoms with Gasteiger partial charge in [0.1, 0.15) is 0 Å². The highest BCUT2D eigenvalue weighted by atomic mass is 32.1. The highest BCUT2D eigenvalue weighted by Crippen LogP contribution is 2.08. The molecular weight excluding hydrogens is 228 g/mol. The Morgan fingerprint density at radius 3 is 2.88 bits per heavy atom. The zero-order chi connectivity index (χ0) is 11.5. The molecule has 0 aliphatic rings. The van der Waals surface area contributed by atoms with Crippen molar-refractivity contribution in [3.8, 4) is 0 Å². The number of nitrogens with zero attached hydrogens (tertiary/aromatic N) is 2. The number of hydrogen-bond acceptors (Lipinski definition) is 4. The van der Waals surface area contributed by atoms with Crippen LogP contribution < -0.4 is 5.56 Å². The molecule has 0 unspecified atom stereocenters. The molecule has 2 aromatic heterocycles. The van der Waals surface area contributed by atoms with Crippen LogP contribution in [0.3, 0.4) is 0 Å². The summed E-state index contributed by atoms with van der Waals surface area (Å²) in [6.07, 6.45) is 0. The highest BCUT2D eigenvalue weighted by Gasteiger charge is 2.07. The molecule has 0 fully saturated rings. The first-order valence-corrected chi connectivity index (χ1v) is 5.38. The zero-order valence-electron chi connectivity index (χ0n) is 8.16. The monoisotopic (exact) mass is 236 g/mol. The molecule has 5 nitrogen and oxygen atoms in total. The van der Waals surface area contributed by atoms with Crippen molar-refractivity contribution in [3.63, 3.8) is 0 Å². The third-order valence-electron chi connectivity index (χ3n) is 1.97. The van der Waals surface area contributed by atoms with Crippen LogP contribution in [0.1, 0.15) is 15.4 Å². The van der Waals surface area contributed by atoms with Crippen LogP contribution in [0.2, 0.25) is 0 Å². The van der Waals surface area contributed by atoms with Crippen LogP contribution in [0.15, 0.2) is 34.4 Å². The summed E-state index contributed by atoms with van der Waals surface area (Å²) in [5.41, 5.74) is -0.436. The second-order valence-electron chi connectivity index (χ2n) is 3.10. The molecule has 0 aliphatic heterocycles. The summed E-state index contributed by atoms with van der Waals surface area (Å²) in [6, 6.07) is 6.15. The number of thiophene rings is 1. The minimum Gasteiger partial charge on any atom is -0.476 e. The van der Waals surface area contributed by atoms with Gasteiger partial charge in [-0.3, -0.25) is 4.79 Å². The summed E-state index contributed by atoms with van der Waals surface area (Å²) < 4.78 is 1.15. The normalized spacial score (nSPS) is 10.2. The average Bonchev–Trinajstić information content (AvgIpc) is 2.73. The lowest BCUT2D eigenvalue weighted by atomic mass is 10.4. The van der Waals surface area contributed by atoms with Crippen molar-refractivity contribution in [3.05, 3.63) is 50.6 Å². The van der Waals surface area contributed by atoms with E-state index in [9.17, 15) is 9.59 Å². The van der Waals surface area contributed by atoms with Gasteiger partial charge in [0.15, 0.2) is 5.69 Å². The second kappa shape index (κ2) is 4.28. The maximum Gasteiger partial charge on any atom is 0.356 e. The summed E-state index contributed by atoms with van der Waals surface area (Å²) in [5.74, 6) is -1.14. The molecule has 0 radical (unpaired) electrons. The maximum absolute atomic E-state index is 11.4. The summed E-state index contributed by atoms with van der Waals surface area (Å²) >= 11 is 1.49. The van der Waals surface area contributed by atoms with Crippen LogP contribution in [0.25, 0.3) is 0 Å². The molecule has 0 saturated carbocycles. The zero-order valence-corrected chi connectivity index (χ0v) is 8.98. The first-order valence-electron chi connectivity index (χ1n) is 4.50. The number of carbonyl (C=O) groups is 1. The van der Waals surface area contributed by atoms with Gasteiger partial charge in [0.05, 0.1) is 6.54 Å². The van der Waals surface area contributed by atoms with E-state index in [1.807, 2.05) is 17.5 Å².